The molecule has 0 aliphatic heterocycles. The molecule has 0 radical (unpaired) electrons. The molecule has 0 aliphatic carbocycles. The summed E-state index contributed by atoms with van der Waals surface area (Å²) in [6.45, 7) is 4.00. The SMILES string of the molecule is COC(C(=O)Cc1ccsc1)C(C)C. The van der Waals surface area contributed by atoms with E-state index < -0.39 is 0 Å². The topological polar surface area (TPSA) is 26.3 Å². The first-order chi connectivity index (χ1) is 6.65. The van der Waals surface area contributed by atoms with Crippen molar-refractivity contribution in [1.29, 1.82) is 0 Å². The minimum atomic E-state index is -0.269. The van der Waals surface area contributed by atoms with Crippen LogP contribution in [0.1, 0.15) is 19.4 Å². The number of hydrogen-bond acceptors (Lipinski definition) is 3. The molecule has 0 spiro atoms. The molecular formula is C11H16O2S. The van der Waals surface area contributed by atoms with Crippen molar-refractivity contribution in [3.8, 4) is 0 Å². The van der Waals surface area contributed by atoms with E-state index in [1.165, 1.54) is 0 Å². The average molecular weight is 212 g/mol. The fourth-order valence-electron chi connectivity index (χ4n) is 1.47. The smallest absolute Gasteiger partial charge is 0.166 e. The lowest BCUT2D eigenvalue weighted by Gasteiger charge is -2.17. The minimum absolute atomic E-state index is 0.168. The van der Waals surface area contributed by atoms with E-state index in [-0.39, 0.29) is 17.8 Å². The highest BCUT2D eigenvalue weighted by Crippen LogP contribution is 2.12. The number of carbonyl (C=O) groups excluding carboxylic acids is 1. The quantitative estimate of drug-likeness (QED) is 0.749. The van der Waals surface area contributed by atoms with Crippen molar-refractivity contribution in [3.05, 3.63) is 22.4 Å². The second-order valence-electron chi connectivity index (χ2n) is 3.68. The summed E-state index contributed by atoms with van der Waals surface area (Å²) < 4.78 is 5.18. The van der Waals surface area contributed by atoms with Crippen molar-refractivity contribution in [2.75, 3.05) is 7.11 Å². The standard InChI is InChI=1S/C11H16O2S/c1-8(2)11(13-3)10(12)6-9-4-5-14-7-9/h4-5,7-8,11H,6H2,1-3H3. The normalized spacial score (nSPS) is 13.1. The van der Waals surface area contributed by atoms with Crippen molar-refractivity contribution in [2.24, 2.45) is 5.92 Å². The van der Waals surface area contributed by atoms with Gasteiger partial charge in [0.15, 0.2) is 5.78 Å². The van der Waals surface area contributed by atoms with E-state index in [1.54, 1.807) is 18.4 Å². The zero-order valence-corrected chi connectivity index (χ0v) is 9.64. The molecule has 0 fully saturated rings. The number of Topliss-reactive ketones (excluding diaryl/α,β-unsaturated/α-hetero) is 1. The monoisotopic (exact) mass is 212 g/mol. The van der Waals surface area contributed by atoms with Gasteiger partial charge in [0.25, 0.3) is 0 Å². The molecule has 1 aromatic heterocycles. The number of methoxy groups -OCH3 is 1. The first-order valence-corrected chi connectivity index (χ1v) is 5.66. The zero-order valence-electron chi connectivity index (χ0n) is 8.82. The predicted octanol–water partition coefficient (Wildman–Crippen LogP) is 2.53. The third kappa shape index (κ3) is 2.93. The first-order valence-electron chi connectivity index (χ1n) is 4.71. The van der Waals surface area contributed by atoms with Gasteiger partial charge in [-0.15, -0.1) is 0 Å². The summed E-state index contributed by atoms with van der Waals surface area (Å²) >= 11 is 1.62. The van der Waals surface area contributed by atoms with Gasteiger partial charge in [-0.1, -0.05) is 13.8 Å². The molecule has 1 heterocycles. The Morgan fingerprint density at radius 1 is 1.57 bits per heavy atom. The highest BCUT2D eigenvalue weighted by molar-refractivity contribution is 7.07. The molecule has 1 atom stereocenters. The maximum atomic E-state index is 11.8. The van der Waals surface area contributed by atoms with Gasteiger partial charge in [0.05, 0.1) is 0 Å². The summed E-state index contributed by atoms with van der Waals surface area (Å²) in [5.41, 5.74) is 1.09. The number of ketones is 1. The summed E-state index contributed by atoms with van der Waals surface area (Å²) in [6, 6.07) is 1.98. The largest absolute Gasteiger partial charge is 0.373 e. The first kappa shape index (κ1) is 11.4. The van der Waals surface area contributed by atoms with Gasteiger partial charge in [-0.05, 0) is 28.3 Å². The lowest BCUT2D eigenvalue weighted by molar-refractivity contribution is -0.130. The number of carbonyl (C=O) groups is 1. The van der Waals surface area contributed by atoms with Crippen LogP contribution in [-0.4, -0.2) is 19.0 Å². The third-order valence-electron chi connectivity index (χ3n) is 2.14. The summed E-state index contributed by atoms with van der Waals surface area (Å²) in [5.74, 6) is 0.409. The number of thiophene rings is 1. The Labute approximate surface area is 88.9 Å². The highest BCUT2D eigenvalue weighted by atomic mass is 32.1. The van der Waals surface area contributed by atoms with Crippen LogP contribution in [0.15, 0.2) is 16.8 Å². The molecule has 0 amide bonds. The van der Waals surface area contributed by atoms with Crippen LogP contribution >= 0.6 is 11.3 Å². The fourth-order valence-corrected chi connectivity index (χ4v) is 2.14. The van der Waals surface area contributed by atoms with Crippen LogP contribution in [0.4, 0.5) is 0 Å². The van der Waals surface area contributed by atoms with E-state index in [0.717, 1.165) is 5.56 Å². The van der Waals surface area contributed by atoms with Crippen molar-refractivity contribution in [2.45, 2.75) is 26.4 Å². The molecule has 2 nitrogen and oxygen atoms in total. The van der Waals surface area contributed by atoms with Gasteiger partial charge in [-0.25, -0.2) is 0 Å². The third-order valence-corrected chi connectivity index (χ3v) is 2.87. The molecule has 0 bridgehead atoms. The lowest BCUT2D eigenvalue weighted by Crippen LogP contribution is -2.29. The Kier molecular flexibility index (Phi) is 4.29. The van der Waals surface area contributed by atoms with E-state index in [9.17, 15) is 4.79 Å². The zero-order chi connectivity index (χ0) is 10.6. The second-order valence-corrected chi connectivity index (χ2v) is 4.46. The van der Waals surface area contributed by atoms with Gasteiger partial charge < -0.3 is 4.74 Å². The van der Waals surface area contributed by atoms with Crippen molar-refractivity contribution in [1.82, 2.24) is 0 Å². The van der Waals surface area contributed by atoms with Crippen LogP contribution < -0.4 is 0 Å². The van der Waals surface area contributed by atoms with Crippen LogP contribution in [0.3, 0.4) is 0 Å². The maximum absolute atomic E-state index is 11.8. The summed E-state index contributed by atoms with van der Waals surface area (Å²) in [5, 5.41) is 3.99. The van der Waals surface area contributed by atoms with Gasteiger partial charge >= 0.3 is 0 Å². The molecule has 3 heteroatoms. The van der Waals surface area contributed by atoms with E-state index in [4.69, 9.17) is 4.74 Å². The predicted molar refractivity (Wildman–Crippen MR) is 58.7 cm³/mol. The van der Waals surface area contributed by atoms with Gasteiger partial charge in [0.1, 0.15) is 6.10 Å². The summed E-state index contributed by atoms with van der Waals surface area (Å²) in [4.78, 5) is 11.8. The van der Waals surface area contributed by atoms with Crippen LogP contribution in [-0.2, 0) is 16.0 Å². The molecule has 0 N–H and O–H groups in total. The Hall–Kier alpha value is -0.670. The Balaban J connectivity index is 2.56. The molecule has 0 saturated heterocycles. The average Bonchev–Trinajstić information content (AvgIpc) is 2.57. The molecule has 14 heavy (non-hydrogen) atoms. The van der Waals surface area contributed by atoms with Gasteiger partial charge in [-0.3, -0.25) is 4.79 Å². The van der Waals surface area contributed by atoms with E-state index in [0.29, 0.717) is 6.42 Å². The van der Waals surface area contributed by atoms with Gasteiger partial charge in [-0.2, -0.15) is 11.3 Å². The molecular weight excluding hydrogens is 196 g/mol. The van der Waals surface area contributed by atoms with E-state index >= 15 is 0 Å². The molecule has 0 aromatic carbocycles. The Morgan fingerprint density at radius 2 is 2.29 bits per heavy atom. The van der Waals surface area contributed by atoms with Crippen molar-refractivity contribution in [3.63, 3.8) is 0 Å². The van der Waals surface area contributed by atoms with E-state index in [2.05, 4.69) is 0 Å². The van der Waals surface area contributed by atoms with Crippen LogP contribution in [0, 0.1) is 5.92 Å². The van der Waals surface area contributed by atoms with Crippen molar-refractivity contribution < 1.29 is 9.53 Å². The summed E-state index contributed by atoms with van der Waals surface area (Å²) in [6.07, 6.45) is 0.218. The van der Waals surface area contributed by atoms with Crippen LogP contribution in [0.2, 0.25) is 0 Å². The Morgan fingerprint density at radius 3 is 2.71 bits per heavy atom. The highest BCUT2D eigenvalue weighted by Gasteiger charge is 2.21. The van der Waals surface area contributed by atoms with Crippen LogP contribution in [0.25, 0.3) is 0 Å². The summed E-state index contributed by atoms with van der Waals surface area (Å²) in [7, 11) is 1.59. The number of ether oxygens (including phenoxy) is 1. The molecule has 1 unspecified atom stereocenters. The van der Waals surface area contributed by atoms with Crippen molar-refractivity contribution >= 4 is 17.1 Å². The Bertz CT molecular complexity index is 277. The molecule has 0 aliphatic rings. The molecule has 0 saturated carbocycles. The minimum Gasteiger partial charge on any atom is -0.373 e. The maximum Gasteiger partial charge on any atom is 0.166 e. The van der Waals surface area contributed by atoms with Gasteiger partial charge in [0.2, 0.25) is 0 Å². The molecule has 1 aromatic rings. The second kappa shape index (κ2) is 5.27. The molecule has 1 rings (SSSR count). The fraction of sp³-hybridized carbons (Fsp3) is 0.545. The number of hydrogen-bond donors (Lipinski definition) is 0. The van der Waals surface area contributed by atoms with Gasteiger partial charge in [0, 0.05) is 13.5 Å². The number of rotatable bonds is 5. The van der Waals surface area contributed by atoms with E-state index in [1.807, 2.05) is 30.7 Å². The van der Waals surface area contributed by atoms with Crippen LogP contribution in [0.5, 0.6) is 0 Å². The molecule has 78 valence electrons. The lowest BCUT2D eigenvalue weighted by atomic mass is 9.99.